The van der Waals surface area contributed by atoms with Crippen LogP contribution in [0.2, 0.25) is 0 Å². The molecule has 0 fully saturated rings. The summed E-state index contributed by atoms with van der Waals surface area (Å²) in [5, 5.41) is 0. The maximum atomic E-state index is 12.0. The molecule has 0 spiro atoms. The Balaban J connectivity index is 2.54. The summed E-state index contributed by atoms with van der Waals surface area (Å²) >= 11 is 0. The van der Waals surface area contributed by atoms with E-state index in [4.69, 9.17) is 15.2 Å². The third-order valence-electron chi connectivity index (χ3n) is 3.26. The molecule has 0 bridgehead atoms. The Bertz CT molecular complexity index is 677. The number of benzene rings is 1. The van der Waals surface area contributed by atoms with Crippen molar-refractivity contribution in [3.63, 3.8) is 0 Å². The fraction of sp³-hybridized carbons (Fsp3) is 0.267. The number of rotatable bonds is 4. The third kappa shape index (κ3) is 2.53. The van der Waals surface area contributed by atoms with E-state index < -0.39 is 0 Å². The fourth-order valence-electron chi connectivity index (χ4n) is 2.13. The molecule has 2 aromatic rings. The summed E-state index contributed by atoms with van der Waals surface area (Å²) in [6, 6.07) is 7.41. The number of nitrogens with one attached hydrogen (secondary N) is 1. The molecule has 0 aliphatic heterocycles. The van der Waals surface area contributed by atoms with Gasteiger partial charge in [0.05, 0.1) is 14.2 Å². The molecule has 0 saturated carbocycles. The smallest absolute Gasteiger partial charge is 0.253 e. The van der Waals surface area contributed by atoms with E-state index in [0.29, 0.717) is 17.1 Å². The quantitative estimate of drug-likeness (QED) is 0.891. The molecule has 106 valence electrons. The van der Waals surface area contributed by atoms with Crippen molar-refractivity contribution < 1.29 is 9.47 Å². The summed E-state index contributed by atoms with van der Waals surface area (Å²) in [6.07, 6.45) is 0. The number of hydrogen-bond acceptors (Lipinski definition) is 4. The van der Waals surface area contributed by atoms with E-state index in [1.165, 1.54) is 0 Å². The molecular weight excluding hydrogens is 256 g/mol. The molecule has 0 aliphatic carbocycles. The van der Waals surface area contributed by atoms with Crippen molar-refractivity contribution >= 4 is 0 Å². The van der Waals surface area contributed by atoms with Crippen LogP contribution in [0.4, 0.5) is 0 Å². The van der Waals surface area contributed by atoms with Crippen LogP contribution in [0.1, 0.15) is 11.1 Å². The molecule has 0 atom stereocenters. The van der Waals surface area contributed by atoms with Crippen LogP contribution in [-0.4, -0.2) is 19.2 Å². The van der Waals surface area contributed by atoms with Gasteiger partial charge in [0.2, 0.25) is 0 Å². The lowest BCUT2D eigenvalue weighted by Crippen LogP contribution is -2.18. The number of hydrogen-bond donors (Lipinski definition) is 2. The van der Waals surface area contributed by atoms with Gasteiger partial charge in [-0.15, -0.1) is 0 Å². The first-order valence-corrected chi connectivity index (χ1v) is 6.26. The zero-order valence-corrected chi connectivity index (χ0v) is 11.8. The summed E-state index contributed by atoms with van der Waals surface area (Å²) in [4.78, 5) is 14.8. The molecule has 5 nitrogen and oxygen atoms in total. The lowest BCUT2D eigenvalue weighted by molar-refractivity contribution is 0.355. The second-order valence-corrected chi connectivity index (χ2v) is 4.45. The van der Waals surface area contributed by atoms with Crippen molar-refractivity contribution in [2.75, 3.05) is 14.2 Å². The molecule has 0 aliphatic rings. The van der Waals surface area contributed by atoms with Crippen LogP contribution in [0.25, 0.3) is 11.3 Å². The number of aromatic nitrogens is 1. The Labute approximate surface area is 117 Å². The van der Waals surface area contributed by atoms with Crippen LogP contribution in [0.5, 0.6) is 11.5 Å². The van der Waals surface area contributed by atoms with Gasteiger partial charge in [0.15, 0.2) is 11.5 Å². The van der Waals surface area contributed by atoms with E-state index in [1.807, 2.05) is 25.1 Å². The monoisotopic (exact) mass is 274 g/mol. The third-order valence-corrected chi connectivity index (χ3v) is 3.26. The van der Waals surface area contributed by atoms with E-state index in [2.05, 4.69) is 4.98 Å². The Morgan fingerprint density at radius 1 is 1.15 bits per heavy atom. The number of aryl methyl sites for hydroxylation is 1. The van der Waals surface area contributed by atoms with E-state index in [-0.39, 0.29) is 12.1 Å². The first-order valence-electron chi connectivity index (χ1n) is 6.26. The zero-order chi connectivity index (χ0) is 14.7. The number of pyridine rings is 1. The highest BCUT2D eigenvalue weighted by Crippen LogP contribution is 2.31. The van der Waals surface area contributed by atoms with Crippen molar-refractivity contribution in [2.45, 2.75) is 13.5 Å². The molecule has 5 heteroatoms. The van der Waals surface area contributed by atoms with Gasteiger partial charge in [-0.05, 0) is 36.8 Å². The highest BCUT2D eigenvalue weighted by atomic mass is 16.5. The fourth-order valence-corrected chi connectivity index (χ4v) is 2.13. The van der Waals surface area contributed by atoms with E-state index in [1.54, 1.807) is 20.3 Å². The maximum absolute atomic E-state index is 12.0. The maximum Gasteiger partial charge on any atom is 0.253 e. The number of ether oxygens (including phenoxy) is 2. The van der Waals surface area contributed by atoms with Crippen LogP contribution in [0, 0.1) is 6.92 Å². The minimum Gasteiger partial charge on any atom is -0.493 e. The lowest BCUT2D eigenvalue weighted by Gasteiger charge is -2.11. The molecule has 1 aromatic carbocycles. The number of nitrogens with two attached hydrogens (primary N) is 1. The van der Waals surface area contributed by atoms with Gasteiger partial charge in [0.25, 0.3) is 5.56 Å². The molecule has 3 N–H and O–H groups in total. The Kier molecular flexibility index (Phi) is 4.10. The molecule has 0 amide bonds. The summed E-state index contributed by atoms with van der Waals surface area (Å²) in [6.45, 7) is 2.11. The number of aromatic amines is 1. The highest BCUT2D eigenvalue weighted by Gasteiger charge is 2.09. The largest absolute Gasteiger partial charge is 0.493 e. The van der Waals surface area contributed by atoms with Crippen molar-refractivity contribution in [3.05, 3.63) is 45.7 Å². The topological polar surface area (TPSA) is 77.3 Å². The van der Waals surface area contributed by atoms with Gasteiger partial charge in [-0.25, -0.2) is 0 Å². The van der Waals surface area contributed by atoms with Crippen molar-refractivity contribution in [1.82, 2.24) is 4.98 Å². The van der Waals surface area contributed by atoms with Crippen molar-refractivity contribution in [3.8, 4) is 22.8 Å². The minimum atomic E-state index is -0.155. The van der Waals surface area contributed by atoms with Crippen LogP contribution in [-0.2, 0) is 6.54 Å². The standard InChI is InChI=1S/C15H18N2O3/c1-9-6-12(17-15(18)11(9)8-16)10-4-5-13(19-2)14(7-10)20-3/h4-7H,8,16H2,1-3H3,(H,17,18). The van der Waals surface area contributed by atoms with E-state index in [0.717, 1.165) is 16.8 Å². The molecule has 1 aromatic heterocycles. The number of H-pyrrole nitrogens is 1. The Morgan fingerprint density at radius 2 is 1.85 bits per heavy atom. The lowest BCUT2D eigenvalue weighted by atomic mass is 10.1. The van der Waals surface area contributed by atoms with Crippen LogP contribution < -0.4 is 20.8 Å². The van der Waals surface area contributed by atoms with Crippen LogP contribution >= 0.6 is 0 Å². The highest BCUT2D eigenvalue weighted by molar-refractivity contribution is 5.64. The molecule has 20 heavy (non-hydrogen) atoms. The normalized spacial score (nSPS) is 10.4. The molecule has 0 radical (unpaired) electrons. The van der Waals surface area contributed by atoms with Crippen molar-refractivity contribution in [1.29, 1.82) is 0 Å². The van der Waals surface area contributed by atoms with Crippen LogP contribution in [0.3, 0.4) is 0 Å². The van der Waals surface area contributed by atoms with Crippen molar-refractivity contribution in [2.24, 2.45) is 5.73 Å². The first-order chi connectivity index (χ1) is 9.60. The average Bonchev–Trinajstić information content (AvgIpc) is 2.46. The van der Waals surface area contributed by atoms with Gasteiger partial charge in [-0.2, -0.15) is 0 Å². The van der Waals surface area contributed by atoms with E-state index >= 15 is 0 Å². The van der Waals surface area contributed by atoms with E-state index in [9.17, 15) is 4.79 Å². The minimum absolute atomic E-state index is 0.155. The Morgan fingerprint density at radius 3 is 2.40 bits per heavy atom. The molecule has 0 unspecified atom stereocenters. The summed E-state index contributed by atoms with van der Waals surface area (Å²) in [5.74, 6) is 1.26. The predicted octanol–water partition coefficient (Wildman–Crippen LogP) is 1.83. The number of methoxy groups -OCH3 is 2. The van der Waals surface area contributed by atoms with Gasteiger partial charge < -0.3 is 20.2 Å². The van der Waals surface area contributed by atoms with Gasteiger partial charge in [-0.3, -0.25) is 4.79 Å². The zero-order valence-electron chi connectivity index (χ0n) is 11.8. The summed E-state index contributed by atoms with van der Waals surface area (Å²) in [7, 11) is 3.16. The van der Waals surface area contributed by atoms with Gasteiger partial charge >= 0.3 is 0 Å². The summed E-state index contributed by atoms with van der Waals surface area (Å²) < 4.78 is 10.5. The molecule has 1 heterocycles. The summed E-state index contributed by atoms with van der Waals surface area (Å²) in [5.41, 5.74) is 8.47. The van der Waals surface area contributed by atoms with Gasteiger partial charge in [0.1, 0.15) is 0 Å². The second kappa shape index (κ2) is 5.79. The SMILES string of the molecule is COc1ccc(-c2cc(C)c(CN)c(=O)[nH]2)cc1OC. The van der Waals surface area contributed by atoms with Gasteiger partial charge in [0, 0.05) is 23.4 Å². The second-order valence-electron chi connectivity index (χ2n) is 4.45. The molecule has 0 saturated heterocycles. The van der Waals surface area contributed by atoms with Crippen LogP contribution in [0.15, 0.2) is 29.1 Å². The Hall–Kier alpha value is -2.27. The predicted molar refractivity (Wildman–Crippen MR) is 78.2 cm³/mol. The average molecular weight is 274 g/mol. The first kappa shape index (κ1) is 14.1. The van der Waals surface area contributed by atoms with Gasteiger partial charge in [-0.1, -0.05) is 0 Å². The molecular formula is C15H18N2O3. The molecule has 2 rings (SSSR count).